The summed E-state index contributed by atoms with van der Waals surface area (Å²) in [5.41, 5.74) is 2.16. The summed E-state index contributed by atoms with van der Waals surface area (Å²) in [6, 6.07) is 8.99. The summed E-state index contributed by atoms with van der Waals surface area (Å²) in [5.74, 6) is 0. The first-order valence-electron chi connectivity index (χ1n) is 5.08. The molecule has 0 aliphatic carbocycles. The van der Waals surface area contributed by atoms with Crippen LogP contribution in [0.5, 0.6) is 0 Å². The van der Waals surface area contributed by atoms with Gasteiger partial charge in [-0.15, -0.1) is 0 Å². The summed E-state index contributed by atoms with van der Waals surface area (Å²) >= 11 is 17.9. The lowest BCUT2D eigenvalue weighted by atomic mass is 10.0. The monoisotopic (exact) mass is 296 g/mol. The molecular weight excluding hydrogens is 291 g/mol. The van der Waals surface area contributed by atoms with Crippen molar-refractivity contribution in [1.82, 2.24) is 4.98 Å². The molecule has 0 aliphatic heterocycles. The van der Waals surface area contributed by atoms with E-state index in [1.54, 1.807) is 24.3 Å². The predicted octanol–water partition coefficient (Wildman–Crippen LogP) is 4.77. The van der Waals surface area contributed by atoms with Crippen molar-refractivity contribution in [3.05, 3.63) is 51.2 Å². The van der Waals surface area contributed by atoms with E-state index in [-0.39, 0.29) is 6.42 Å². The van der Waals surface area contributed by atoms with Crippen LogP contribution in [0.2, 0.25) is 15.1 Å². The summed E-state index contributed by atoms with van der Waals surface area (Å²) in [5, 5.41) is 10.4. The fourth-order valence-corrected chi connectivity index (χ4v) is 2.29. The summed E-state index contributed by atoms with van der Waals surface area (Å²) in [4.78, 5) is 4.16. The molecule has 18 heavy (non-hydrogen) atoms. The van der Waals surface area contributed by atoms with Crippen LogP contribution < -0.4 is 0 Å². The third-order valence-corrected chi connectivity index (χ3v) is 3.16. The molecule has 2 rings (SSSR count). The average molecular weight is 298 g/mol. The molecule has 0 bridgehead atoms. The van der Waals surface area contributed by atoms with Gasteiger partial charge in [0.15, 0.2) is 0 Å². The van der Waals surface area contributed by atoms with Crippen LogP contribution in [-0.4, -0.2) is 4.98 Å². The lowest BCUT2D eigenvalue weighted by Gasteiger charge is -2.09. The van der Waals surface area contributed by atoms with Crippen molar-refractivity contribution in [3.8, 4) is 17.2 Å². The van der Waals surface area contributed by atoms with Crippen LogP contribution in [0.15, 0.2) is 30.5 Å². The Kier molecular flexibility index (Phi) is 4.08. The first kappa shape index (κ1) is 13.2. The minimum Gasteiger partial charge on any atom is -0.258 e. The maximum absolute atomic E-state index is 8.80. The van der Waals surface area contributed by atoms with E-state index in [4.69, 9.17) is 40.1 Å². The molecule has 1 aromatic carbocycles. The Hall–Kier alpha value is -1.27. The van der Waals surface area contributed by atoms with Crippen LogP contribution >= 0.6 is 34.8 Å². The van der Waals surface area contributed by atoms with Crippen molar-refractivity contribution >= 4 is 34.8 Å². The Labute approximate surface area is 120 Å². The van der Waals surface area contributed by atoms with Gasteiger partial charge in [0.05, 0.1) is 23.2 Å². The van der Waals surface area contributed by atoms with Crippen LogP contribution in [0.4, 0.5) is 0 Å². The Morgan fingerprint density at radius 3 is 2.50 bits per heavy atom. The zero-order valence-electron chi connectivity index (χ0n) is 9.12. The number of benzene rings is 1. The number of nitrogens with zero attached hydrogens (tertiary/aromatic N) is 2. The number of rotatable bonds is 2. The van der Waals surface area contributed by atoms with E-state index in [0.29, 0.717) is 20.8 Å². The highest BCUT2D eigenvalue weighted by Gasteiger charge is 2.11. The van der Waals surface area contributed by atoms with Gasteiger partial charge in [-0.1, -0.05) is 40.9 Å². The molecule has 0 aliphatic rings. The van der Waals surface area contributed by atoms with Crippen molar-refractivity contribution in [2.24, 2.45) is 0 Å². The van der Waals surface area contributed by atoms with Crippen LogP contribution in [0.3, 0.4) is 0 Å². The molecule has 1 aromatic heterocycles. The van der Waals surface area contributed by atoms with Gasteiger partial charge in [-0.25, -0.2) is 0 Å². The van der Waals surface area contributed by atoms with E-state index in [0.717, 1.165) is 11.1 Å². The van der Waals surface area contributed by atoms with E-state index in [2.05, 4.69) is 11.1 Å². The summed E-state index contributed by atoms with van der Waals surface area (Å²) < 4.78 is 0. The second kappa shape index (κ2) is 5.58. The van der Waals surface area contributed by atoms with Crippen molar-refractivity contribution in [3.63, 3.8) is 0 Å². The zero-order chi connectivity index (χ0) is 13.1. The average Bonchev–Trinajstić information content (AvgIpc) is 2.32. The maximum atomic E-state index is 8.80. The molecule has 90 valence electrons. The number of hydrogen-bond donors (Lipinski definition) is 0. The second-order valence-corrected chi connectivity index (χ2v) is 4.89. The van der Waals surface area contributed by atoms with E-state index in [1.165, 1.54) is 6.20 Å². The number of aromatic nitrogens is 1. The summed E-state index contributed by atoms with van der Waals surface area (Å²) in [6.45, 7) is 0. The van der Waals surface area contributed by atoms with Crippen LogP contribution in [0, 0.1) is 11.3 Å². The Morgan fingerprint density at radius 2 is 1.83 bits per heavy atom. The normalized spacial score (nSPS) is 10.1. The van der Waals surface area contributed by atoms with E-state index in [9.17, 15) is 0 Å². The van der Waals surface area contributed by atoms with Crippen molar-refractivity contribution in [2.75, 3.05) is 0 Å². The minimum absolute atomic E-state index is 0.200. The first-order valence-corrected chi connectivity index (χ1v) is 6.22. The quantitative estimate of drug-likeness (QED) is 0.800. The topological polar surface area (TPSA) is 36.7 Å². The fourth-order valence-electron chi connectivity index (χ4n) is 1.62. The van der Waals surface area contributed by atoms with Gasteiger partial charge >= 0.3 is 0 Å². The molecule has 0 amide bonds. The van der Waals surface area contributed by atoms with E-state index >= 15 is 0 Å². The predicted molar refractivity (Wildman–Crippen MR) is 74.0 cm³/mol. The lowest BCUT2D eigenvalue weighted by Crippen LogP contribution is -1.93. The highest BCUT2D eigenvalue weighted by molar-refractivity contribution is 6.36. The highest BCUT2D eigenvalue weighted by Crippen LogP contribution is 2.33. The molecule has 0 radical (unpaired) electrons. The molecule has 0 spiro atoms. The van der Waals surface area contributed by atoms with Gasteiger partial charge in [0.2, 0.25) is 0 Å². The third-order valence-electron chi connectivity index (χ3n) is 2.40. The largest absolute Gasteiger partial charge is 0.258 e. The number of hydrogen-bond acceptors (Lipinski definition) is 2. The van der Waals surface area contributed by atoms with Gasteiger partial charge in [0, 0.05) is 27.4 Å². The standard InChI is InChI=1S/C13H7Cl3N2/c14-8-1-2-10(12(16)6-8)11-5-9(15)7-18-13(11)3-4-17/h1-2,5-7H,3H2. The Balaban J connectivity index is 2.62. The molecule has 0 saturated heterocycles. The molecule has 0 saturated carbocycles. The van der Waals surface area contributed by atoms with Crippen LogP contribution in [0.1, 0.15) is 5.69 Å². The molecular formula is C13H7Cl3N2. The lowest BCUT2D eigenvalue weighted by molar-refractivity contribution is 1.12. The van der Waals surface area contributed by atoms with Crippen LogP contribution in [0.25, 0.3) is 11.1 Å². The molecule has 1 heterocycles. The highest BCUT2D eigenvalue weighted by atomic mass is 35.5. The SMILES string of the molecule is N#CCc1ncc(Cl)cc1-c1ccc(Cl)cc1Cl. The molecule has 0 atom stereocenters. The number of nitriles is 1. The molecule has 2 aromatic rings. The van der Waals surface area contributed by atoms with Gasteiger partial charge in [0.1, 0.15) is 0 Å². The number of halogens is 3. The molecule has 2 nitrogen and oxygen atoms in total. The van der Waals surface area contributed by atoms with Crippen molar-refractivity contribution in [1.29, 1.82) is 5.26 Å². The minimum atomic E-state index is 0.200. The van der Waals surface area contributed by atoms with Crippen molar-refractivity contribution in [2.45, 2.75) is 6.42 Å². The number of pyridine rings is 1. The van der Waals surface area contributed by atoms with Crippen LogP contribution in [-0.2, 0) is 6.42 Å². The van der Waals surface area contributed by atoms with Gasteiger partial charge < -0.3 is 0 Å². The smallest absolute Gasteiger partial charge is 0.0781 e. The summed E-state index contributed by atoms with van der Waals surface area (Å²) in [6.07, 6.45) is 1.72. The van der Waals surface area contributed by atoms with Gasteiger partial charge in [-0.3, -0.25) is 4.98 Å². The molecule has 0 unspecified atom stereocenters. The summed E-state index contributed by atoms with van der Waals surface area (Å²) in [7, 11) is 0. The van der Waals surface area contributed by atoms with Gasteiger partial charge in [0.25, 0.3) is 0 Å². The zero-order valence-corrected chi connectivity index (χ0v) is 11.4. The Bertz CT molecular complexity index is 633. The molecule has 5 heteroatoms. The Morgan fingerprint density at radius 1 is 1.06 bits per heavy atom. The van der Waals surface area contributed by atoms with E-state index in [1.807, 2.05) is 0 Å². The molecule has 0 N–H and O–H groups in total. The first-order chi connectivity index (χ1) is 8.61. The van der Waals surface area contributed by atoms with E-state index < -0.39 is 0 Å². The third kappa shape index (κ3) is 2.76. The van der Waals surface area contributed by atoms with Crippen molar-refractivity contribution < 1.29 is 0 Å². The van der Waals surface area contributed by atoms with Gasteiger partial charge in [-0.2, -0.15) is 5.26 Å². The maximum Gasteiger partial charge on any atom is 0.0781 e. The fraction of sp³-hybridized carbons (Fsp3) is 0.0769. The second-order valence-electron chi connectivity index (χ2n) is 3.61. The van der Waals surface area contributed by atoms with Gasteiger partial charge in [-0.05, 0) is 18.2 Å². The molecule has 0 fully saturated rings.